The third-order valence-electron chi connectivity index (χ3n) is 14.6. The number of alkyl halides is 3. The topological polar surface area (TPSA) is 14.2 Å². The average Bonchev–Trinajstić information content (AvgIpc) is 3.89. The van der Waals surface area contributed by atoms with Crippen molar-refractivity contribution in [2.24, 2.45) is 0 Å². The standard InChI is InChI=1S/C67H48F3N3/c1-40-10-18-45(19-11-40)49-26-30-53-54-31-27-50(46-20-12-41(2)13-21-46)35-61(54)72(60(53)34-49)64-38-57(66-44(5)8-7-9-58(66)67(68,69)70)59(71-6)39-65(64)73-62-36-51(47-22-14-42(3)15-23-47)28-32-55(62)56-33-29-52(37-63(56)73)48-24-16-43(4)17-25-48/h7-39H,1-5H3. The summed E-state index contributed by atoms with van der Waals surface area (Å²) in [4.78, 5) is 4.12. The molecule has 6 heteroatoms. The Morgan fingerprint density at radius 2 is 0.685 bits per heavy atom. The Balaban J connectivity index is 1.27. The van der Waals surface area contributed by atoms with Crippen molar-refractivity contribution in [2.45, 2.75) is 40.8 Å². The zero-order valence-electron chi connectivity index (χ0n) is 41.0. The molecule has 0 unspecified atom stereocenters. The third-order valence-corrected chi connectivity index (χ3v) is 14.6. The molecule has 0 spiro atoms. The lowest BCUT2D eigenvalue weighted by Crippen LogP contribution is -2.09. The van der Waals surface area contributed by atoms with Crippen molar-refractivity contribution in [2.75, 3.05) is 0 Å². The van der Waals surface area contributed by atoms with Gasteiger partial charge in [-0.2, -0.15) is 13.2 Å². The number of aromatic nitrogens is 2. The first-order chi connectivity index (χ1) is 35.3. The van der Waals surface area contributed by atoms with E-state index in [0.29, 0.717) is 16.9 Å². The van der Waals surface area contributed by atoms with Gasteiger partial charge in [0.15, 0.2) is 5.69 Å². The summed E-state index contributed by atoms with van der Waals surface area (Å²) in [5.74, 6) is 0. The maximum absolute atomic E-state index is 15.4. The third kappa shape index (κ3) is 7.86. The zero-order valence-corrected chi connectivity index (χ0v) is 41.0. The molecule has 0 radical (unpaired) electrons. The van der Waals surface area contributed by atoms with Crippen LogP contribution in [-0.2, 0) is 6.18 Å². The van der Waals surface area contributed by atoms with Crippen LogP contribution in [0.5, 0.6) is 0 Å². The highest BCUT2D eigenvalue weighted by molar-refractivity contribution is 6.14. The first-order valence-corrected chi connectivity index (χ1v) is 24.5. The maximum Gasteiger partial charge on any atom is 0.416 e. The molecule has 73 heavy (non-hydrogen) atoms. The minimum atomic E-state index is -4.69. The van der Waals surface area contributed by atoms with Crippen LogP contribution in [0.3, 0.4) is 0 Å². The summed E-state index contributed by atoms with van der Waals surface area (Å²) >= 11 is 0. The summed E-state index contributed by atoms with van der Waals surface area (Å²) in [5, 5.41) is 3.98. The Labute approximate surface area is 422 Å². The van der Waals surface area contributed by atoms with Crippen LogP contribution >= 0.6 is 0 Å². The van der Waals surface area contributed by atoms with Crippen LogP contribution < -0.4 is 0 Å². The van der Waals surface area contributed by atoms with Crippen LogP contribution in [0.1, 0.15) is 33.4 Å². The molecule has 0 aliphatic carbocycles. The first kappa shape index (κ1) is 45.2. The van der Waals surface area contributed by atoms with Crippen molar-refractivity contribution in [1.82, 2.24) is 9.13 Å². The smallest absolute Gasteiger partial charge is 0.308 e. The molecule has 12 aromatic rings. The monoisotopic (exact) mass is 951 g/mol. The number of benzene rings is 10. The van der Waals surface area contributed by atoms with Gasteiger partial charge in [-0.1, -0.05) is 180 Å². The number of rotatable bonds is 7. The van der Waals surface area contributed by atoms with Gasteiger partial charge < -0.3 is 9.13 Å². The van der Waals surface area contributed by atoms with E-state index in [0.717, 1.165) is 116 Å². The van der Waals surface area contributed by atoms with Gasteiger partial charge in [0.1, 0.15) is 0 Å². The molecular formula is C67H48F3N3. The predicted molar refractivity (Wildman–Crippen MR) is 297 cm³/mol. The van der Waals surface area contributed by atoms with Gasteiger partial charge in [0.25, 0.3) is 0 Å². The Morgan fingerprint density at radius 1 is 0.370 bits per heavy atom. The summed E-state index contributed by atoms with van der Waals surface area (Å²) in [6.45, 7) is 18.8. The van der Waals surface area contributed by atoms with E-state index in [1.54, 1.807) is 13.0 Å². The van der Waals surface area contributed by atoms with Crippen molar-refractivity contribution in [1.29, 1.82) is 0 Å². The molecule has 10 aromatic carbocycles. The van der Waals surface area contributed by atoms with E-state index in [-0.39, 0.29) is 16.8 Å². The lowest BCUT2D eigenvalue weighted by atomic mass is 9.92. The summed E-state index contributed by atoms with van der Waals surface area (Å²) in [5.41, 5.74) is 17.6. The number of hydrogen-bond donors (Lipinski definition) is 0. The Bertz CT molecular complexity index is 4000. The van der Waals surface area contributed by atoms with Gasteiger partial charge in [-0.05, 0) is 138 Å². The lowest BCUT2D eigenvalue weighted by molar-refractivity contribution is -0.137. The SMILES string of the molecule is [C-]#[N+]c1cc(-n2c3cc(-c4ccc(C)cc4)ccc3c3ccc(-c4ccc(C)cc4)cc32)c(-n2c3cc(-c4ccc(C)cc4)ccc3c3ccc(-c4ccc(C)cc4)cc32)cc1-c1c(C)cccc1C(F)(F)F. The van der Waals surface area contributed by atoms with E-state index in [1.807, 2.05) is 12.1 Å². The van der Waals surface area contributed by atoms with Crippen LogP contribution in [-0.4, -0.2) is 9.13 Å². The number of fused-ring (bicyclic) bond motifs is 6. The van der Waals surface area contributed by atoms with Gasteiger partial charge >= 0.3 is 6.18 Å². The van der Waals surface area contributed by atoms with Crippen molar-refractivity contribution in [3.63, 3.8) is 0 Å². The number of nitrogens with zero attached hydrogens (tertiary/aromatic N) is 3. The van der Waals surface area contributed by atoms with Crippen molar-refractivity contribution >= 4 is 49.3 Å². The largest absolute Gasteiger partial charge is 0.416 e. The predicted octanol–water partition coefficient (Wildman–Crippen LogP) is 19.3. The minimum absolute atomic E-state index is 0.0132. The molecule has 352 valence electrons. The van der Waals surface area contributed by atoms with Gasteiger partial charge in [0, 0.05) is 21.5 Å². The Kier molecular flexibility index (Phi) is 10.8. The fourth-order valence-corrected chi connectivity index (χ4v) is 10.7. The van der Waals surface area contributed by atoms with Gasteiger partial charge in [-0.25, -0.2) is 4.85 Å². The minimum Gasteiger partial charge on any atom is -0.308 e. The molecule has 0 fully saturated rings. The highest BCUT2D eigenvalue weighted by atomic mass is 19.4. The normalized spacial score (nSPS) is 11.8. The highest BCUT2D eigenvalue weighted by Gasteiger charge is 2.35. The van der Waals surface area contributed by atoms with E-state index >= 15 is 13.2 Å². The second-order valence-electron chi connectivity index (χ2n) is 19.5. The zero-order chi connectivity index (χ0) is 50.3. The molecule has 12 rings (SSSR count). The summed E-state index contributed by atoms with van der Waals surface area (Å²) in [6.07, 6.45) is -4.69. The highest BCUT2D eigenvalue weighted by Crippen LogP contribution is 2.48. The van der Waals surface area contributed by atoms with Crippen LogP contribution in [0.25, 0.3) is 115 Å². The molecule has 0 bridgehead atoms. The average molecular weight is 952 g/mol. The van der Waals surface area contributed by atoms with Gasteiger partial charge in [0.05, 0.1) is 45.6 Å². The summed E-state index contributed by atoms with van der Waals surface area (Å²) in [7, 11) is 0. The van der Waals surface area contributed by atoms with Crippen LogP contribution in [0.4, 0.5) is 18.9 Å². The van der Waals surface area contributed by atoms with Crippen LogP contribution in [0.2, 0.25) is 0 Å². The fraction of sp³-hybridized carbons (Fsp3) is 0.0896. The van der Waals surface area contributed by atoms with Gasteiger partial charge in [-0.3, -0.25) is 0 Å². The Hall–Kier alpha value is -8.92. The number of halogens is 3. The summed E-state index contributed by atoms with van der Waals surface area (Å²) < 4.78 is 50.6. The number of hydrogen-bond acceptors (Lipinski definition) is 0. The van der Waals surface area contributed by atoms with E-state index in [9.17, 15) is 0 Å². The Morgan fingerprint density at radius 3 is 1.00 bits per heavy atom. The van der Waals surface area contributed by atoms with Crippen molar-refractivity contribution in [3.05, 3.63) is 245 Å². The van der Waals surface area contributed by atoms with E-state index in [4.69, 9.17) is 6.57 Å². The van der Waals surface area contributed by atoms with Crippen molar-refractivity contribution in [3.8, 4) is 67.0 Å². The molecule has 0 atom stereocenters. The molecule has 2 heterocycles. The van der Waals surface area contributed by atoms with E-state index in [1.165, 1.54) is 6.07 Å². The fourth-order valence-electron chi connectivity index (χ4n) is 10.7. The van der Waals surface area contributed by atoms with E-state index in [2.05, 4.69) is 212 Å². The summed E-state index contributed by atoms with van der Waals surface area (Å²) in [6, 6.07) is 67.9. The number of aryl methyl sites for hydroxylation is 5. The quantitative estimate of drug-likeness (QED) is 0.141. The van der Waals surface area contributed by atoms with Crippen molar-refractivity contribution < 1.29 is 13.2 Å². The molecule has 2 aromatic heterocycles. The molecule has 0 saturated heterocycles. The lowest BCUT2D eigenvalue weighted by Gasteiger charge is -2.22. The van der Waals surface area contributed by atoms with Gasteiger partial charge in [-0.15, -0.1) is 0 Å². The maximum atomic E-state index is 15.4. The molecule has 0 amide bonds. The van der Waals surface area contributed by atoms with Gasteiger partial charge in [0.2, 0.25) is 0 Å². The first-order valence-electron chi connectivity index (χ1n) is 24.5. The molecule has 0 aliphatic rings. The van der Waals surface area contributed by atoms with E-state index < -0.39 is 11.7 Å². The molecule has 3 nitrogen and oxygen atoms in total. The van der Waals surface area contributed by atoms with Crippen LogP contribution in [0, 0.1) is 41.2 Å². The second kappa shape index (κ2) is 17.4. The van der Waals surface area contributed by atoms with Crippen LogP contribution in [0.15, 0.2) is 200 Å². The molecule has 0 saturated carbocycles. The molecule has 0 N–H and O–H groups in total. The molecular weight excluding hydrogens is 904 g/mol. The molecule has 0 aliphatic heterocycles. The second-order valence-corrected chi connectivity index (χ2v) is 19.5.